The van der Waals surface area contributed by atoms with Crippen LogP contribution in [0, 0.1) is 11.7 Å². The molecule has 5 nitrogen and oxygen atoms in total. The summed E-state index contributed by atoms with van der Waals surface area (Å²) in [6, 6.07) is 3.55. The Morgan fingerprint density at radius 2 is 2.00 bits per heavy atom. The second-order valence-electron chi connectivity index (χ2n) is 4.25. The zero-order valence-corrected chi connectivity index (χ0v) is 11.4. The molecular weight excluding hydrogens is 273 g/mol. The number of halogens is 1. The number of aliphatic carboxylic acids is 1. The zero-order valence-electron chi connectivity index (χ0n) is 10.6. The van der Waals surface area contributed by atoms with Crippen molar-refractivity contribution in [3.8, 4) is 0 Å². The van der Waals surface area contributed by atoms with E-state index in [2.05, 4.69) is 0 Å². The molecule has 2 N–H and O–H groups in total. The summed E-state index contributed by atoms with van der Waals surface area (Å²) in [5.74, 6) is -2.60. The molecule has 0 unspecified atom stereocenters. The fourth-order valence-corrected chi connectivity index (χ4v) is 2.92. The molecule has 0 aliphatic heterocycles. The average Bonchev–Trinajstić information content (AvgIpc) is 2.35. The minimum Gasteiger partial charge on any atom is -0.480 e. The lowest BCUT2D eigenvalue weighted by atomic mass is 10.0. The predicted octanol–water partition coefficient (Wildman–Crippen LogP) is 1.60. The van der Waals surface area contributed by atoms with Crippen LogP contribution in [-0.2, 0) is 14.8 Å². The van der Waals surface area contributed by atoms with E-state index < -0.39 is 38.7 Å². The summed E-state index contributed by atoms with van der Waals surface area (Å²) >= 11 is 0. The Morgan fingerprint density at radius 3 is 2.47 bits per heavy atom. The van der Waals surface area contributed by atoms with Crippen molar-refractivity contribution in [3.05, 3.63) is 30.1 Å². The zero-order chi connectivity index (χ0) is 14.6. The SMILES string of the molecule is CC[C@H](C)[C@H](NS(=O)(=O)c1ccccc1F)C(=O)O. The summed E-state index contributed by atoms with van der Waals surface area (Å²) in [5.41, 5.74) is 0. The third-order valence-electron chi connectivity index (χ3n) is 2.89. The molecule has 0 spiro atoms. The van der Waals surface area contributed by atoms with Gasteiger partial charge in [0.2, 0.25) is 10.0 Å². The average molecular weight is 289 g/mol. The van der Waals surface area contributed by atoms with Gasteiger partial charge < -0.3 is 5.11 Å². The largest absolute Gasteiger partial charge is 0.480 e. The van der Waals surface area contributed by atoms with E-state index in [0.717, 1.165) is 12.1 Å². The number of hydrogen-bond donors (Lipinski definition) is 2. The monoisotopic (exact) mass is 289 g/mol. The van der Waals surface area contributed by atoms with Crippen molar-refractivity contribution in [2.75, 3.05) is 0 Å². The summed E-state index contributed by atoms with van der Waals surface area (Å²) in [4.78, 5) is 10.5. The predicted molar refractivity (Wildman–Crippen MR) is 67.6 cm³/mol. The van der Waals surface area contributed by atoms with E-state index in [1.807, 2.05) is 4.72 Å². The molecule has 0 heterocycles. The molecule has 0 fully saturated rings. The van der Waals surface area contributed by atoms with Crippen LogP contribution >= 0.6 is 0 Å². The highest BCUT2D eigenvalue weighted by Crippen LogP contribution is 2.16. The molecule has 1 aromatic carbocycles. The molecule has 0 aliphatic rings. The van der Waals surface area contributed by atoms with Crippen molar-refractivity contribution < 1.29 is 22.7 Å². The van der Waals surface area contributed by atoms with Gasteiger partial charge in [0.1, 0.15) is 16.8 Å². The summed E-state index contributed by atoms with van der Waals surface area (Å²) in [6.45, 7) is 3.36. The lowest BCUT2D eigenvalue weighted by Crippen LogP contribution is -2.45. The molecule has 0 saturated heterocycles. The quantitative estimate of drug-likeness (QED) is 0.833. The molecule has 106 valence electrons. The lowest BCUT2D eigenvalue weighted by molar-refractivity contribution is -0.140. The minimum atomic E-state index is -4.20. The molecular formula is C12H16FNO4S. The first-order valence-corrected chi connectivity index (χ1v) is 7.27. The van der Waals surface area contributed by atoms with Gasteiger partial charge in [0, 0.05) is 0 Å². The second-order valence-corrected chi connectivity index (χ2v) is 5.94. The van der Waals surface area contributed by atoms with E-state index in [1.54, 1.807) is 13.8 Å². The number of benzene rings is 1. The van der Waals surface area contributed by atoms with E-state index in [1.165, 1.54) is 12.1 Å². The van der Waals surface area contributed by atoms with Gasteiger partial charge in [-0.15, -0.1) is 0 Å². The highest BCUT2D eigenvalue weighted by atomic mass is 32.2. The van der Waals surface area contributed by atoms with Crippen LogP contribution in [0.2, 0.25) is 0 Å². The fourth-order valence-electron chi connectivity index (χ4n) is 1.54. The Balaban J connectivity index is 3.08. The van der Waals surface area contributed by atoms with E-state index >= 15 is 0 Å². The van der Waals surface area contributed by atoms with Crippen molar-refractivity contribution in [3.63, 3.8) is 0 Å². The van der Waals surface area contributed by atoms with Crippen LogP contribution in [0.3, 0.4) is 0 Å². The van der Waals surface area contributed by atoms with Crippen molar-refractivity contribution in [2.45, 2.75) is 31.2 Å². The summed E-state index contributed by atoms with van der Waals surface area (Å²) < 4.78 is 39.4. The van der Waals surface area contributed by atoms with Crippen molar-refractivity contribution in [2.24, 2.45) is 5.92 Å². The smallest absolute Gasteiger partial charge is 0.322 e. The van der Waals surface area contributed by atoms with Crippen molar-refractivity contribution in [1.82, 2.24) is 4.72 Å². The highest BCUT2D eigenvalue weighted by molar-refractivity contribution is 7.89. The van der Waals surface area contributed by atoms with E-state index in [4.69, 9.17) is 5.11 Å². The minimum absolute atomic E-state index is 0.404. The maximum atomic E-state index is 13.5. The summed E-state index contributed by atoms with van der Waals surface area (Å²) in [5, 5.41) is 9.03. The second kappa shape index (κ2) is 6.12. The third kappa shape index (κ3) is 3.74. The van der Waals surface area contributed by atoms with Gasteiger partial charge in [0.05, 0.1) is 0 Å². The van der Waals surface area contributed by atoms with E-state index in [9.17, 15) is 17.6 Å². The molecule has 0 amide bonds. The third-order valence-corrected chi connectivity index (χ3v) is 4.36. The molecule has 1 rings (SSSR count). The Labute approximate surface area is 111 Å². The Bertz CT molecular complexity index is 559. The first kappa shape index (κ1) is 15.6. The van der Waals surface area contributed by atoms with Crippen LogP contribution in [0.4, 0.5) is 4.39 Å². The van der Waals surface area contributed by atoms with Crippen molar-refractivity contribution in [1.29, 1.82) is 0 Å². The molecule has 19 heavy (non-hydrogen) atoms. The Morgan fingerprint density at radius 1 is 1.42 bits per heavy atom. The number of carboxylic acid groups (broad SMARTS) is 1. The van der Waals surface area contributed by atoms with Gasteiger partial charge in [-0.05, 0) is 18.1 Å². The lowest BCUT2D eigenvalue weighted by Gasteiger charge is -2.20. The van der Waals surface area contributed by atoms with Gasteiger partial charge in [0.15, 0.2) is 0 Å². The molecule has 1 aromatic rings. The standard InChI is InChI=1S/C12H16FNO4S/c1-3-8(2)11(12(15)16)14-19(17,18)10-7-5-4-6-9(10)13/h4-8,11,14H,3H2,1-2H3,(H,15,16)/t8-,11-/m0/s1. The maximum absolute atomic E-state index is 13.5. The summed E-state index contributed by atoms with van der Waals surface area (Å²) in [7, 11) is -4.20. The van der Waals surface area contributed by atoms with Gasteiger partial charge >= 0.3 is 5.97 Å². The number of hydrogen-bond acceptors (Lipinski definition) is 3. The van der Waals surface area contributed by atoms with Crippen molar-refractivity contribution >= 4 is 16.0 Å². The van der Waals surface area contributed by atoms with Crippen LogP contribution in [0.15, 0.2) is 29.2 Å². The fraction of sp³-hybridized carbons (Fsp3) is 0.417. The maximum Gasteiger partial charge on any atom is 0.322 e. The molecule has 0 saturated carbocycles. The van der Waals surface area contributed by atoms with Gasteiger partial charge in [-0.2, -0.15) is 4.72 Å². The Kier molecular flexibility index (Phi) is 5.02. The molecule has 0 radical (unpaired) electrons. The molecule has 2 atom stereocenters. The van der Waals surface area contributed by atoms with Crippen LogP contribution in [0.5, 0.6) is 0 Å². The molecule has 0 aromatic heterocycles. The number of carboxylic acids is 1. The Hall–Kier alpha value is -1.47. The van der Waals surface area contributed by atoms with Gasteiger partial charge in [0.25, 0.3) is 0 Å². The molecule has 0 aliphatic carbocycles. The number of rotatable bonds is 6. The number of sulfonamides is 1. The normalized spacial score (nSPS) is 14.9. The summed E-state index contributed by atoms with van der Waals surface area (Å²) in [6.07, 6.45) is 0.483. The van der Waals surface area contributed by atoms with Crippen LogP contribution in [0.25, 0.3) is 0 Å². The number of nitrogens with one attached hydrogen (secondary N) is 1. The molecule has 7 heteroatoms. The van der Waals surface area contributed by atoms with Crippen LogP contribution in [-0.4, -0.2) is 25.5 Å². The first-order chi connectivity index (χ1) is 8.79. The van der Waals surface area contributed by atoms with Gasteiger partial charge in [-0.25, -0.2) is 12.8 Å². The van der Waals surface area contributed by atoms with Crippen LogP contribution < -0.4 is 4.72 Å². The van der Waals surface area contributed by atoms with Gasteiger partial charge in [-0.1, -0.05) is 32.4 Å². The topological polar surface area (TPSA) is 83.5 Å². The van der Waals surface area contributed by atoms with E-state index in [0.29, 0.717) is 6.42 Å². The first-order valence-electron chi connectivity index (χ1n) is 5.79. The number of carbonyl (C=O) groups is 1. The van der Waals surface area contributed by atoms with Gasteiger partial charge in [-0.3, -0.25) is 4.79 Å². The molecule has 0 bridgehead atoms. The van der Waals surface area contributed by atoms with Crippen LogP contribution in [0.1, 0.15) is 20.3 Å². The highest BCUT2D eigenvalue weighted by Gasteiger charge is 2.30. The van der Waals surface area contributed by atoms with E-state index in [-0.39, 0.29) is 0 Å².